The molecule has 0 amide bonds. The third-order valence-electron chi connectivity index (χ3n) is 3.00. The highest BCUT2D eigenvalue weighted by atomic mass is 16.5. The third-order valence-corrected chi connectivity index (χ3v) is 3.00. The van der Waals surface area contributed by atoms with Crippen LogP contribution in [0.4, 0.5) is 5.69 Å². The van der Waals surface area contributed by atoms with Crippen molar-refractivity contribution in [3.63, 3.8) is 0 Å². The molecule has 1 fully saturated rings. The third kappa shape index (κ3) is 2.31. The molecule has 1 atom stereocenters. The molecule has 0 aliphatic heterocycles. The average Bonchev–Trinajstić information content (AvgIpc) is 3.00. The number of anilines is 1. The van der Waals surface area contributed by atoms with E-state index < -0.39 is 0 Å². The van der Waals surface area contributed by atoms with Crippen LogP contribution < -0.4 is 5.32 Å². The summed E-state index contributed by atoms with van der Waals surface area (Å²) in [6, 6.07) is 0.435. The van der Waals surface area contributed by atoms with Gasteiger partial charge in [-0.15, -0.1) is 0 Å². The Morgan fingerprint density at radius 3 is 2.73 bits per heavy atom. The van der Waals surface area contributed by atoms with Crippen LogP contribution in [0.2, 0.25) is 0 Å². The van der Waals surface area contributed by atoms with Gasteiger partial charge in [-0.1, -0.05) is 0 Å². The molecular weight excluding hydrogens is 190 g/mol. The van der Waals surface area contributed by atoms with Crippen molar-refractivity contribution in [1.29, 1.82) is 0 Å². The second-order valence-corrected chi connectivity index (χ2v) is 4.35. The Balaban J connectivity index is 2.04. The van der Waals surface area contributed by atoms with Crippen molar-refractivity contribution in [2.75, 3.05) is 19.0 Å². The minimum absolute atomic E-state index is 0.435. The molecule has 84 valence electrons. The molecular formula is C11H19N3O. The number of hydrogen-bond acceptors (Lipinski definition) is 3. The van der Waals surface area contributed by atoms with Gasteiger partial charge < -0.3 is 10.1 Å². The summed E-state index contributed by atoms with van der Waals surface area (Å²) in [4.78, 5) is 0. The van der Waals surface area contributed by atoms with E-state index in [1.165, 1.54) is 12.8 Å². The number of ether oxygens (including phenoxy) is 1. The van der Waals surface area contributed by atoms with Crippen LogP contribution in [0.3, 0.4) is 0 Å². The van der Waals surface area contributed by atoms with Crippen molar-refractivity contribution in [3.8, 4) is 0 Å². The molecule has 0 radical (unpaired) electrons. The maximum atomic E-state index is 5.24. The normalized spacial score (nSPS) is 17.8. The van der Waals surface area contributed by atoms with Gasteiger partial charge in [-0.25, -0.2) is 0 Å². The molecule has 4 heteroatoms. The fraction of sp³-hybridized carbons (Fsp3) is 0.727. The summed E-state index contributed by atoms with van der Waals surface area (Å²) < 4.78 is 5.24. The number of methoxy groups -OCH3 is 1. The first-order valence-electron chi connectivity index (χ1n) is 5.49. The molecule has 0 aromatic carbocycles. The van der Waals surface area contributed by atoms with Gasteiger partial charge in [0.05, 0.1) is 29.7 Å². The summed E-state index contributed by atoms with van der Waals surface area (Å²) in [5.74, 6) is 0.777. The molecule has 2 N–H and O–H groups in total. The molecule has 1 aromatic heterocycles. The number of aryl methyl sites for hydroxylation is 2. The summed E-state index contributed by atoms with van der Waals surface area (Å²) in [5, 5.41) is 10.7. The number of aromatic nitrogens is 2. The maximum absolute atomic E-state index is 5.24. The average molecular weight is 209 g/mol. The molecule has 0 saturated heterocycles. The number of nitrogens with zero attached hydrogens (tertiary/aromatic N) is 1. The summed E-state index contributed by atoms with van der Waals surface area (Å²) >= 11 is 0. The largest absolute Gasteiger partial charge is 0.383 e. The molecule has 0 bridgehead atoms. The van der Waals surface area contributed by atoms with Crippen LogP contribution in [0.15, 0.2) is 0 Å². The van der Waals surface area contributed by atoms with Crippen LogP contribution in [0.1, 0.15) is 24.2 Å². The van der Waals surface area contributed by atoms with Crippen LogP contribution >= 0.6 is 0 Å². The van der Waals surface area contributed by atoms with Crippen molar-refractivity contribution < 1.29 is 4.74 Å². The minimum Gasteiger partial charge on any atom is -0.383 e. The highest BCUT2D eigenvalue weighted by molar-refractivity contribution is 5.52. The second kappa shape index (κ2) is 4.23. The van der Waals surface area contributed by atoms with Crippen LogP contribution in [0, 0.1) is 19.8 Å². The van der Waals surface area contributed by atoms with Crippen LogP contribution in [-0.4, -0.2) is 30.0 Å². The van der Waals surface area contributed by atoms with Gasteiger partial charge in [-0.05, 0) is 32.6 Å². The topological polar surface area (TPSA) is 49.9 Å². The van der Waals surface area contributed by atoms with Gasteiger partial charge in [-0.2, -0.15) is 5.10 Å². The first-order chi connectivity index (χ1) is 7.22. The first-order valence-corrected chi connectivity index (χ1v) is 5.49. The van der Waals surface area contributed by atoms with Gasteiger partial charge in [0.2, 0.25) is 0 Å². The fourth-order valence-electron chi connectivity index (χ4n) is 1.92. The van der Waals surface area contributed by atoms with E-state index in [4.69, 9.17) is 4.74 Å². The van der Waals surface area contributed by atoms with Crippen molar-refractivity contribution in [1.82, 2.24) is 10.2 Å². The van der Waals surface area contributed by atoms with E-state index in [0.717, 1.165) is 29.6 Å². The highest BCUT2D eigenvalue weighted by Gasteiger charge is 2.31. The van der Waals surface area contributed by atoms with E-state index in [2.05, 4.69) is 15.5 Å². The molecule has 4 nitrogen and oxygen atoms in total. The SMILES string of the molecule is COCC(Nc1c(C)n[nH]c1C)C1CC1. The standard InChI is InChI=1S/C11H19N3O/c1-7-11(8(2)14-13-7)12-10(6-15-3)9-4-5-9/h9-10,12H,4-6H2,1-3H3,(H,13,14). The van der Waals surface area contributed by atoms with E-state index in [9.17, 15) is 0 Å². The quantitative estimate of drug-likeness (QED) is 0.778. The van der Waals surface area contributed by atoms with Gasteiger partial charge in [0.25, 0.3) is 0 Å². The number of H-pyrrole nitrogens is 1. The summed E-state index contributed by atoms with van der Waals surface area (Å²) in [6.45, 7) is 4.83. The Kier molecular flexibility index (Phi) is 2.95. The maximum Gasteiger partial charge on any atom is 0.0825 e. The monoisotopic (exact) mass is 209 g/mol. The van der Waals surface area contributed by atoms with E-state index in [1.807, 2.05) is 13.8 Å². The minimum atomic E-state index is 0.435. The molecule has 0 spiro atoms. The summed E-state index contributed by atoms with van der Waals surface area (Å²) in [7, 11) is 1.76. The van der Waals surface area contributed by atoms with E-state index >= 15 is 0 Å². The van der Waals surface area contributed by atoms with Gasteiger partial charge >= 0.3 is 0 Å². The van der Waals surface area contributed by atoms with Crippen LogP contribution in [-0.2, 0) is 4.74 Å². The first kappa shape index (κ1) is 10.5. The lowest BCUT2D eigenvalue weighted by atomic mass is 10.2. The van der Waals surface area contributed by atoms with Crippen molar-refractivity contribution >= 4 is 5.69 Å². The van der Waals surface area contributed by atoms with E-state index in [-0.39, 0.29) is 0 Å². The molecule has 1 aromatic rings. The Morgan fingerprint density at radius 1 is 1.53 bits per heavy atom. The number of rotatable bonds is 5. The van der Waals surface area contributed by atoms with E-state index in [0.29, 0.717) is 6.04 Å². The number of nitrogens with one attached hydrogen (secondary N) is 2. The lowest BCUT2D eigenvalue weighted by molar-refractivity contribution is 0.179. The number of hydrogen-bond donors (Lipinski definition) is 2. The summed E-state index contributed by atoms with van der Waals surface area (Å²) in [5.41, 5.74) is 3.28. The molecule has 1 unspecified atom stereocenters. The Bertz CT molecular complexity index is 311. The van der Waals surface area contributed by atoms with Crippen molar-refractivity contribution in [2.45, 2.75) is 32.7 Å². The van der Waals surface area contributed by atoms with Gasteiger partial charge in [0.15, 0.2) is 0 Å². The zero-order valence-electron chi connectivity index (χ0n) is 9.63. The van der Waals surface area contributed by atoms with Crippen molar-refractivity contribution in [2.24, 2.45) is 5.92 Å². The zero-order valence-corrected chi connectivity index (χ0v) is 9.63. The molecule has 2 rings (SSSR count). The van der Waals surface area contributed by atoms with E-state index in [1.54, 1.807) is 7.11 Å². The highest BCUT2D eigenvalue weighted by Crippen LogP contribution is 2.35. The summed E-state index contributed by atoms with van der Waals surface area (Å²) in [6.07, 6.45) is 2.63. The molecule has 1 aliphatic carbocycles. The van der Waals surface area contributed by atoms with Crippen LogP contribution in [0.25, 0.3) is 0 Å². The molecule has 1 heterocycles. The predicted octanol–water partition coefficient (Wildman–Crippen LogP) is 1.86. The Hall–Kier alpha value is -1.03. The van der Waals surface area contributed by atoms with Crippen LogP contribution in [0.5, 0.6) is 0 Å². The lowest BCUT2D eigenvalue weighted by Gasteiger charge is -2.18. The molecule has 15 heavy (non-hydrogen) atoms. The smallest absolute Gasteiger partial charge is 0.0825 e. The van der Waals surface area contributed by atoms with Gasteiger partial charge in [-0.3, -0.25) is 5.10 Å². The number of aromatic amines is 1. The van der Waals surface area contributed by atoms with Gasteiger partial charge in [0, 0.05) is 7.11 Å². The Labute approximate surface area is 90.4 Å². The second-order valence-electron chi connectivity index (χ2n) is 4.35. The Morgan fingerprint density at radius 2 is 2.27 bits per heavy atom. The van der Waals surface area contributed by atoms with Gasteiger partial charge in [0.1, 0.15) is 0 Å². The zero-order chi connectivity index (χ0) is 10.8. The molecule has 1 saturated carbocycles. The predicted molar refractivity (Wildman–Crippen MR) is 60.1 cm³/mol. The lowest BCUT2D eigenvalue weighted by Crippen LogP contribution is -2.27. The molecule has 1 aliphatic rings. The fourth-order valence-corrected chi connectivity index (χ4v) is 1.92. The van der Waals surface area contributed by atoms with Crippen molar-refractivity contribution in [3.05, 3.63) is 11.4 Å².